The highest BCUT2D eigenvalue weighted by Crippen LogP contribution is 2.22. The van der Waals surface area contributed by atoms with Gasteiger partial charge in [-0.3, -0.25) is 4.79 Å². The van der Waals surface area contributed by atoms with E-state index in [9.17, 15) is 9.59 Å². The standard InChI is InChI=1S/C14H12N2O3S2/c1-2-19-14(18)10-6-9-12(17)15-11(16-13(9)21-10)5-8-3-4-20-7-8/h3-4,6-7H,2,5H2,1H3,(H,15,16,17). The van der Waals surface area contributed by atoms with E-state index in [1.165, 1.54) is 17.4 Å². The molecule has 3 aromatic heterocycles. The summed E-state index contributed by atoms with van der Waals surface area (Å²) in [6.45, 7) is 2.05. The van der Waals surface area contributed by atoms with Crippen molar-refractivity contribution in [2.24, 2.45) is 0 Å². The number of rotatable bonds is 4. The SMILES string of the molecule is CCOC(=O)c1cc2c(=O)[nH]c(Cc3ccsc3)nc2s1. The molecule has 3 aromatic rings. The van der Waals surface area contributed by atoms with Crippen LogP contribution in [0.4, 0.5) is 0 Å². The van der Waals surface area contributed by atoms with Crippen molar-refractivity contribution in [2.75, 3.05) is 6.61 Å². The van der Waals surface area contributed by atoms with E-state index < -0.39 is 5.97 Å². The van der Waals surface area contributed by atoms with Crippen molar-refractivity contribution in [3.63, 3.8) is 0 Å². The number of H-pyrrole nitrogens is 1. The Hall–Kier alpha value is -1.99. The van der Waals surface area contributed by atoms with Gasteiger partial charge in [-0.1, -0.05) is 0 Å². The van der Waals surface area contributed by atoms with Crippen LogP contribution in [0.15, 0.2) is 27.7 Å². The Morgan fingerprint density at radius 2 is 2.33 bits per heavy atom. The Morgan fingerprint density at radius 1 is 1.48 bits per heavy atom. The molecule has 0 bridgehead atoms. The molecule has 5 nitrogen and oxygen atoms in total. The first kappa shape index (κ1) is 14.0. The zero-order valence-corrected chi connectivity index (χ0v) is 12.8. The highest BCUT2D eigenvalue weighted by Gasteiger charge is 2.15. The highest BCUT2D eigenvalue weighted by atomic mass is 32.1. The van der Waals surface area contributed by atoms with E-state index in [1.807, 2.05) is 16.8 Å². The van der Waals surface area contributed by atoms with Gasteiger partial charge in [0.2, 0.25) is 0 Å². The predicted molar refractivity (Wildman–Crippen MR) is 83.3 cm³/mol. The van der Waals surface area contributed by atoms with E-state index in [0.717, 1.165) is 5.56 Å². The van der Waals surface area contributed by atoms with E-state index in [0.29, 0.717) is 33.9 Å². The molecule has 1 N–H and O–H groups in total. The van der Waals surface area contributed by atoms with Gasteiger partial charge in [0.05, 0.1) is 12.0 Å². The molecule has 0 spiro atoms. The van der Waals surface area contributed by atoms with Gasteiger partial charge < -0.3 is 9.72 Å². The van der Waals surface area contributed by atoms with Crippen LogP contribution in [-0.2, 0) is 11.2 Å². The Bertz CT molecular complexity index is 834. The fourth-order valence-corrected chi connectivity index (χ4v) is 3.56. The smallest absolute Gasteiger partial charge is 0.348 e. The molecule has 0 aliphatic rings. The number of carbonyl (C=O) groups is 1. The summed E-state index contributed by atoms with van der Waals surface area (Å²) in [5, 5.41) is 4.43. The Balaban J connectivity index is 1.99. The van der Waals surface area contributed by atoms with Gasteiger partial charge in [-0.05, 0) is 35.4 Å². The molecule has 0 radical (unpaired) electrons. The van der Waals surface area contributed by atoms with Gasteiger partial charge in [-0.25, -0.2) is 9.78 Å². The molecule has 0 aromatic carbocycles. The number of hydrogen-bond acceptors (Lipinski definition) is 6. The van der Waals surface area contributed by atoms with Gasteiger partial charge >= 0.3 is 5.97 Å². The van der Waals surface area contributed by atoms with Crippen molar-refractivity contribution in [3.8, 4) is 0 Å². The van der Waals surface area contributed by atoms with Crippen molar-refractivity contribution >= 4 is 38.9 Å². The minimum Gasteiger partial charge on any atom is -0.462 e. The lowest BCUT2D eigenvalue weighted by atomic mass is 10.2. The predicted octanol–water partition coefficient (Wildman–Crippen LogP) is 2.81. The van der Waals surface area contributed by atoms with E-state index in [2.05, 4.69) is 9.97 Å². The molecular formula is C14H12N2O3S2. The van der Waals surface area contributed by atoms with Gasteiger partial charge in [0.1, 0.15) is 15.5 Å². The number of aromatic nitrogens is 2. The zero-order valence-electron chi connectivity index (χ0n) is 11.2. The van der Waals surface area contributed by atoms with Crippen LogP contribution in [0.5, 0.6) is 0 Å². The van der Waals surface area contributed by atoms with Crippen molar-refractivity contribution in [3.05, 3.63) is 49.5 Å². The van der Waals surface area contributed by atoms with E-state index in [-0.39, 0.29) is 5.56 Å². The molecule has 3 heterocycles. The summed E-state index contributed by atoms with van der Waals surface area (Å²) in [4.78, 5) is 32.0. The Labute approximate surface area is 128 Å². The number of nitrogens with one attached hydrogen (secondary N) is 1. The number of thiophene rings is 2. The zero-order chi connectivity index (χ0) is 14.8. The molecule has 0 saturated carbocycles. The summed E-state index contributed by atoms with van der Waals surface area (Å²) in [5.74, 6) is 0.183. The normalized spacial score (nSPS) is 10.9. The molecule has 21 heavy (non-hydrogen) atoms. The van der Waals surface area contributed by atoms with Crippen LogP contribution in [0.25, 0.3) is 10.2 Å². The van der Waals surface area contributed by atoms with Crippen LogP contribution in [0.1, 0.15) is 28.0 Å². The Morgan fingerprint density at radius 3 is 3.05 bits per heavy atom. The number of nitrogens with zero attached hydrogens (tertiary/aromatic N) is 1. The third-order valence-electron chi connectivity index (χ3n) is 2.88. The molecule has 0 aliphatic carbocycles. The third-order valence-corrected chi connectivity index (χ3v) is 4.62. The maximum Gasteiger partial charge on any atom is 0.348 e. The summed E-state index contributed by atoms with van der Waals surface area (Å²) in [6, 6.07) is 3.53. The van der Waals surface area contributed by atoms with Crippen molar-refractivity contribution < 1.29 is 9.53 Å². The van der Waals surface area contributed by atoms with Crippen molar-refractivity contribution in [2.45, 2.75) is 13.3 Å². The van der Waals surface area contributed by atoms with Crippen LogP contribution in [0, 0.1) is 0 Å². The summed E-state index contributed by atoms with van der Waals surface area (Å²) in [7, 11) is 0. The molecule has 108 valence electrons. The second-order valence-corrected chi connectivity index (χ2v) is 6.18. The maximum atomic E-state index is 12.1. The first-order valence-electron chi connectivity index (χ1n) is 6.38. The minimum atomic E-state index is -0.417. The van der Waals surface area contributed by atoms with Gasteiger partial charge in [0.15, 0.2) is 0 Å². The molecule has 0 unspecified atom stereocenters. The van der Waals surface area contributed by atoms with E-state index >= 15 is 0 Å². The van der Waals surface area contributed by atoms with Crippen LogP contribution >= 0.6 is 22.7 Å². The molecule has 3 rings (SSSR count). The largest absolute Gasteiger partial charge is 0.462 e. The van der Waals surface area contributed by atoms with E-state index in [1.54, 1.807) is 18.3 Å². The second kappa shape index (κ2) is 5.79. The first-order valence-corrected chi connectivity index (χ1v) is 8.14. The fraction of sp³-hybridized carbons (Fsp3) is 0.214. The number of fused-ring (bicyclic) bond motifs is 1. The van der Waals surface area contributed by atoms with Crippen molar-refractivity contribution in [1.29, 1.82) is 0 Å². The summed E-state index contributed by atoms with van der Waals surface area (Å²) in [6.07, 6.45) is 0.571. The van der Waals surface area contributed by atoms with Gasteiger partial charge in [-0.15, -0.1) is 11.3 Å². The molecule has 0 aliphatic heterocycles. The van der Waals surface area contributed by atoms with Crippen LogP contribution < -0.4 is 5.56 Å². The van der Waals surface area contributed by atoms with Gasteiger partial charge in [0.25, 0.3) is 5.56 Å². The number of esters is 1. The minimum absolute atomic E-state index is 0.225. The molecule has 0 amide bonds. The molecule has 0 saturated heterocycles. The first-order chi connectivity index (χ1) is 10.2. The van der Waals surface area contributed by atoms with Crippen LogP contribution in [0.2, 0.25) is 0 Å². The lowest BCUT2D eigenvalue weighted by molar-refractivity contribution is 0.0532. The molecule has 0 fully saturated rings. The molecular weight excluding hydrogens is 308 g/mol. The number of ether oxygens (including phenoxy) is 1. The fourth-order valence-electron chi connectivity index (χ4n) is 1.95. The number of aromatic amines is 1. The average Bonchev–Trinajstić information content (AvgIpc) is 3.08. The quantitative estimate of drug-likeness (QED) is 0.750. The van der Waals surface area contributed by atoms with Crippen molar-refractivity contribution in [1.82, 2.24) is 9.97 Å². The monoisotopic (exact) mass is 320 g/mol. The summed E-state index contributed by atoms with van der Waals surface area (Å²) in [5.41, 5.74) is 0.877. The van der Waals surface area contributed by atoms with Gasteiger partial charge in [-0.2, -0.15) is 11.3 Å². The second-order valence-electron chi connectivity index (χ2n) is 4.37. The number of hydrogen-bond donors (Lipinski definition) is 1. The third kappa shape index (κ3) is 2.88. The topological polar surface area (TPSA) is 72.1 Å². The summed E-state index contributed by atoms with van der Waals surface area (Å²) < 4.78 is 4.95. The van der Waals surface area contributed by atoms with E-state index in [4.69, 9.17) is 4.74 Å². The molecule has 7 heteroatoms. The highest BCUT2D eigenvalue weighted by molar-refractivity contribution is 7.20. The van der Waals surface area contributed by atoms with Crippen LogP contribution in [-0.4, -0.2) is 22.5 Å². The molecule has 0 atom stereocenters. The number of carbonyl (C=O) groups excluding carboxylic acids is 1. The maximum absolute atomic E-state index is 12.1. The van der Waals surface area contributed by atoms with Crippen LogP contribution in [0.3, 0.4) is 0 Å². The Kier molecular flexibility index (Phi) is 3.85. The van der Waals surface area contributed by atoms with Gasteiger partial charge in [0, 0.05) is 6.42 Å². The lowest BCUT2D eigenvalue weighted by Gasteiger charge is -1.98. The average molecular weight is 320 g/mol. The summed E-state index contributed by atoms with van der Waals surface area (Å²) >= 11 is 2.79. The lowest BCUT2D eigenvalue weighted by Crippen LogP contribution is -2.10.